The first-order valence-corrected chi connectivity index (χ1v) is 11.6. The smallest absolute Gasteiger partial charge is 0.266 e. The molecule has 0 aromatic heterocycles. The maximum absolute atomic E-state index is 12.8. The first-order valence-electron chi connectivity index (χ1n) is 10.3. The molecular formula is C26H19N3O3S2. The number of thiocarbonyl (C=S) groups is 1. The standard InChI is InChI=1S/C26H19N3O3S2/c27-15-20-8-4-5-9-22(20)28-24(30)17-32-21-12-10-18(11-13-21)14-23-25(31)29(26(33)34-23)16-19-6-2-1-3-7-19/h1-14H,16-17H2,(H,28,30)/b23-14-. The normalized spacial score (nSPS) is 14.2. The minimum atomic E-state index is -0.367. The number of nitrogens with one attached hydrogen (secondary N) is 1. The van der Waals surface area contributed by atoms with Crippen molar-refractivity contribution in [2.75, 3.05) is 11.9 Å². The van der Waals surface area contributed by atoms with Crippen molar-refractivity contribution in [3.05, 3.63) is 100 Å². The van der Waals surface area contributed by atoms with Crippen LogP contribution in [0.1, 0.15) is 16.7 Å². The molecular weight excluding hydrogens is 466 g/mol. The van der Waals surface area contributed by atoms with Crippen LogP contribution in [0.3, 0.4) is 0 Å². The predicted molar refractivity (Wildman–Crippen MR) is 137 cm³/mol. The number of carbonyl (C=O) groups excluding carboxylic acids is 2. The Morgan fingerprint density at radius 2 is 1.76 bits per heavy atom. The van der Waals surface area contributed by atoms with Gasteiger partial charge in [0.05, 0.1) is 22.7 Å². The SMILES string of the molecule is N#Cc1ccccc1NC(=O)COc1ccc(/C=C2\SC(=S)N(Cc3ccccc3)C2=O)cc1. The van der Waals surface area contributed by atoms with E-state index < -0.39 is 0 Å². The Morgan fingerprint density at radius 1 is 1.06 bits per heavy atom. The summed E-state index contributed by atoms with van der Waals surface area (Å²) in [5, 5.41) is 11.8. The molecule has 1 aliphatic heterocycles. The number of para-hydroxylation sites is 1. The van der Waals surface area contributed by atoms with E-state index in [1.807, 2.05) is 48.5 Å². The lowest BCUT2D eigenvalue weighted by molar-refractivity contribution is -0.122. The van der Waals surface area contributed by atoms with Crippen molar-refractivity contribution >= 4 is 51.9 Å². The van der Waals surface area contributed by atoms with Crippen molar-refractivity contribution in [2.45, 2.75) is 6.54 Å². The van der Waals surface area contributed by atoms with Crippen LogP contribution in [0.15, 0.2) is 83.8 Å². The average molecular weight is 486 g/mol. The number of thioether (sulfide) groups is 1. The molecule has 1 aliphatic rings. The lowest BCUT2D eigenvalue weighted by Crippen LogP contribution is -2.27. The van der Waals surface area contributed by atoms with E-state index in [4.69, 9.17) is 22.2 Å². The van der Waals surface area contributed by atoms with Gasteiger partial charge in [0.1, 0.15) is 16.1 Å². The summed E-state index contributed by atoms with van der Waals surface area (Å²) < 4.78 is 6.07. The maximum atomic E-state index is 12.8. The van der Waals surface area contributed by atoms with E-state index in [0.29, 0.717) is 32.8 Å². The average Bonchev–Trinajstić information content (AvgIpc) is 3.12. The third-order valence-electron chi connectivity index (χ3n) is 4.93. The summed E-state index contributed by atoms with van der Waals surface area (Å²) in [7, 11) is 0. The van der Waals surface area contributed by atoms with Gasteiger partial charge >= 0.3 is 0 Å². The summed E-state index contributed by atoms with van der Waals surface area (Å²) in [6.45, 7) is 0.244. The number of anilines is 1. The van der Waals surface area contributed by atoms with Gasteiger partial charge in [-0.25, -0.2) is 0 Å². The molecule has 34 heavy (non-hydrogen) atoms. The van der Waals surface area contributed by atoms with Crippen LogP contribution in [-0.4, -0.2) is 27.6 Å². The van der Waals surface area contributed by atoms with Crippen molar-refractivity contribution < 1.29 is 14.3 Å². The van der Waals surface area contributed by atoms with Gasteiger partial charge in [-0.05, 0) is 41.5 Å². The lowest BCUT2D eigenvalue weighted by Gasteiger charge is -2.14. The highest BCUT2D eigenvalue weighted by Gasteiger charge is 2.31. The van der Waals surface area contributed by atoms with Crippen LogP contribution in [0.2, 0.25) is 0 Å². The number of amides is 2. The van der Waals surface area contributed by atoms with Crippen LogP contribution >= 0.6 is 24.0 Å². The van der Waals surface area contributed by atoms with Crippen molar-refractivity contribution in [1.82, 2.24) is 4.90 Å². The highest BCUT2D eigenvalue weighted by molar-refractivity contribution is 8.26. The van der Waals surface area contributed by atoms with Crippen LogP contribution in [0.5, 0.6) is 5.75 Å². The highest BCUT2D eigenvalue weighted by Crippen LogP contribution is 2.33. The summed E-state index contributed by atoms with van der Waals surface area (Å²) in [5.74, 6) is 0.0277. The number of nitrogens with zero attached hydrogens (tertiary/aromatic N) is 2. The maximum Gasteiger partial charge on any atom is 0.266 e. The van der Waals surface area contributed by atoms with E-state index in [9.17, 15) is 9.59 Å². The number of rotatable bonds is 7. The molecule has 3 aromatic rings. The molecule has 0 unspecified atom stereocenters. The van der Waals surface area contributed by atoms with Gasteiger partial charge in [0.15, 0.2) is 6.61 Å². The topological polar surface area (TPSA) is 82.4 Å². The first kappa shape index (κ1) is 23.2. The largest absolute Gasteiger partial charge is 0.484 e. The quantitative estimate of drug-likeness (QED) is 0.376. The minimum absolute atomic E-state index is 0.117. The van der Waals surface area contributed by atoms with Crippen molar-refractivity contribution in [2.24, 2.45) is 0 Å². The van der Waals surface area contributed by atoms with Crippen molar-refractivity contribution in [3.8, 4) is 11.8 Å². The fourth-order valence-corrected chi connectivity index (χ4v) is 4.49. The van der Waals surface area contributed by atoms with Crippen molar-refractivity contribution in [3.63, 3.8) is 0 Å². The van der Waals surface area contributed by atoms with Gasteiger partial charge in [0.25, 0.3) is 11.8 Å². The molecule has 1 fully saturated rings. The van der Waals surface area contributed by atoms with Gasteiger partial charge in [-0.15, -0.1) is 0 Å². The Hall–Kier alpha value is -3.93. The van der Waals surface area contributed by atoms with Gasteiger partial charge in [0.2, 0.25) is 0 Å². The molecule has 0 bridgehead atoms. The molecule has 0 radical (unpaired) electrons. The molecule has 4 rings (SSSR count). The molecule has 168 valence electrons. The second-order valence-electron chi connectivity index (χ2n) is 7.32. The van der Waals surface area contributed by atoms with Crippen molar-refractivity contribution in [1.29, 1.82) is 5.26 Å². The molecule has 0 atom stereocenters. The number of hydrogen-bond donors (Lipinski definition) is 1. The molecule has 6 nitrogen and oxygen atoms in total. The second-order valence-corrected chi connectivity index (χ2v) is 8.99. The van der Waals surface area contributed by atoms with E-state index in [0.717, 1.165) is 11.1 Å². The Kier molecular flexibility index (Phi) is 7.38. The van der Waals surface area contributed by atoms with E-state index in [1.165, 1.54) is 11.8 Å². The van der Waals surface area contributed by atoms with Crippen LogP contribution in [0.25, 0.3) is 6.08 Å². The zero-order valence-electron chi connectivity index (χ0n) is 17.9. The van der Waals surface area contributed by atoms with Crippen LogP contribution in [-0.2, 0) is 16.1 Å². The number of benzene rings is 3. The Labute approximate surface area is 206 Å². The summed E-state index contributed by atoms with van der Waals surface area (Å²) in [6, 6.07) is 25.6. The summed E-state index contributed by atoms with van der Waals surface area (Å²) in [6.07, 6.45) is 1.79. The molecule has 0 saturated carbocycles. The van der Waals surface area contributed by atoms with Crippen LogP contribution in [0, 0.1) is 11.3 Å². The number of hydrogen-bond acceptors (Lipinski definition) is 6. The summed E-state index contributed by atoms with van der Waals surface area (Å²) >= 11 is 6.68. The van der Waals surface area contributed by atoms with Gasteiger partial charge in [-0.1, -0.05) is 78.6 Å². The Morgan fingerprint density at radius 3 is 2.50 bits per heavy atom. The van der Waals surface area contributed by atoms with E-state index in [1.54, 1.807) is 47.4 Å². The summed E-state index contributed by atoms with van der Waals surface area (Å²) in [4.78, 5) is 27.2. The number of nitriles is 1. The fraction of sp³-hybridized carbons (Fsp3) is 0.0769. The zero-order valence-corrected chi connectivity index (χ0v) is 19.6. The first-order chi connectivity index (χ1) is 16.5. The molecule has 1 heterocycles. The van der Waals surface area contributed by atoms with Gasteiger partial charge in [0, 0.05) is 0 Å². The molecule has 0 aliphatic carbocycles. The van der Waals surface area contributed by atoms with Crippen LogP contribution in [0.4, 0.5) is 5.69 Å². The molecule has 3 aromatic carbocycles. The van der Waals surface area contributed by atoms with E-state index in [2.05, 4.69) is 5.32 Å². The van der Waals surface area contributed by atoms with E-state index in [-0.39, 0.29) is 18.4 Å². The molecule has 2 amide bonds. The third kappa shape index (κ3) is 5.70. The molecule has 1 saturated heterocycles. The monoisotopic (exact) mass is 485 g/mol. The Balaban J connectivity index is 1.34. The lowest BCUT2D eigenvalue weighted by atomic mass is 10.2. The molecule has 8 heteroatoms. The Bertz CT molecular complexity index is 1300. The number of ether oxygens (including phenoxy) is 1. The van der Waals surface area contributed by atoms with E-state index >= 15 is 0 Å². The van der Waals surface area contributed by atoms with Crippen LogP contribution < -0.4 is 10.1 Å². The zero-order chi connectivity index (χ0) is 23.9. The number of carbonyl (C=O) groups is 2. The summed E-state index contributed by atoms with van der Waals surface area (Å²) in [5.41, 5.74) is 2.66. The highest BCUT2D eigenvalue weighted by atomic mass is 32.2. The fourth-order valence-electron chi connectivity index (χ4n) is 3.24. The molecule has 0 spiro atoms. The predicted octanol–water partition coefficient (Wildman–Crippen LogP) is 4.98. The van der Waals surface area contributed by atoms with Gasteiger partial charge < -0.3 is 10.1 Å². The third-order valence-corrected chi connectivity index (χ3v) is 6.30. The van der Waals surface area contributed by atoms with Gasteiger partial charge in [-0.2, -0.15) is 5.26 Å². The second kappa shape index (κ2) is 10.8. The minimum Gasteiger partial charge on any atom is -0.484 e. The van der Waals surface area contributed by atoms with Gasteiger partial charge in [-0.3, -0.25) is 14.5 Å². The molecule has 1 N–H and O–H groups in total.